The van der Waals surface area contributed by atoms with E-state index in [-0.39, 0.29) is 73.6 Å². The second-order valence-electron chi connectivity index (χ2n) is 0. The molecule has 0 aromatic rings. The van der Waals surface area contributed by atoms with Gasteiger partial charge in [0, 0.05) is 0 Å². The molecule has 1 atom stereocenters. The van der Waals surface area contributed by atoms with E-state index >= 15 is 0 Å². The van der Waals surface area contributed by atoms with Crippen molar-refractivity contribution in [1.29, 1.82) is 0 Å². The molecule has 0 saturated heterocycles. The summed E-state index contributed by atoms with van der Waals surface area (Å²) in [7, 11) is 0. The van der Waals surface area contributed by atoms with Crippen LogP contribution >= 0.6 is 9.90 Å². The Morgan fingerprint density at radius 3 is 0.750 bits per heavy atom. The van der Waals surface area contributed by atoms with E-state index in [1.807, 2.05) is 0 Å². The maximum absolute atomic E-state index is 0. The molecule has 4 heavy (non-hydrogen) atoms. The van der Waals surface area contributed by atoms with Crippen molar-refractivity contribution in [1.82, 2.24) is 12.3 Å². The average molecular weight is 108 g/mol. The van der Waals surface area contributed by atoms with E-state index in [9.17, 15) is 0 Å². The summed E-state index contributed by atoms with van der Waals surface area (Å²) in [4.78, 5) is 0. The van der Waals surface area contributed by atoms with E-state index in [4.69, 9.17) is 0 Å². The first-order valence-corrected chi connectivity index (χ1v) is 0. The molecule has 0 amide bonds. The molecular formula is H10KN2P. The summed E-state index contributed by atoms with van der Waals surface area (Å²) in [5.74, 6) is 0. The summed E-state index contributed by atoms with van der Waals surface area (Å²) in [5.41, 5.74) is 0. The van der Waals surface area contributed by atoms with Crippen LogP contribution in [0, 0.1) is 0 Å². The molecule has 0 saturated carbocycles. The first kappa shape index (κ1) is 37.7. The molecule has 0 rings (SSSR count). The summed E-state index contributed by atoms with van der Waals surface area (Å²) in [6, 6.07) is 0. The predicted octanol–water partition coefficient (Wildman–Crippen LogP) is -0.266. The van der Waals surface area contributed by atoms with Crippen LogP contribution in [0.25, 0.3) is 0 Å². The van der Waals surface area contributed by atoms with Crippen LogP contribution in [0.5, 0.6) is 0 Å². The zero-order chi connectivity index (χ0) is 0. The van der Waals surface area contributed by atoms with Gasteiger partial charge in [0.2, 0.25) is 0 Å². The van der Waals surface area contributed by atoms with Crippen LogP contribution in [0.1, 0.15) is 0 Å². The molecule has 4 heteroatoms. The van der Waals surface area contributed by atoms with Crippen molar-refractivity contribution in [2.75, 3.05) is 0 Å². The summed E-state index contributed by atoms with van der Waals surface area (Å²) >= 11 is 0. The predicted molar refractivity (Wildman–Crippen MR) is 28.3 cm³/mol. The molecule has 26 valence electrons. The molecule has 1 unspecified atom stereocenters. The van der Waals surface area contributed by atoms with E-state index in [0.717, 1.165) is 0 Å². The Bertz CT molecular complexity index is 6.00. The van der Waals surface area contributed by atoms with Gasteiger partial charge in [-0.2, -0.15) is 9.90 Å². The Morgan fingerprint density at radius 1 is 0.750 bits per heavy atom. The van der Waals surface area contributed by atoms with Gasteiger partial charge in [-0.15, -0.1) is 0 Å². The molecule has 2 nitrogen and oxygen atoms in total. The van der Waals surface area contributed by atoms with Gasteiger partial charge in [0.1, 0.15) is 0 Å². The van der Waals surface area contributed by atoms with Gasteiger partial charge in [-0.1, -0.05) is 0 Å². The van der Waals surface area contributed by atoms with Gasteiger partial charge in [0.15, 0.2) is 0 Å². The Balaban J connectivity index is 0. The van der Waals surface area contributed by atoms with Gasteiger partial charge in [0.25, 0.3) is 0 Å². The molecule has 0 heterocycles. The molecule has 6 N–H and O–H groups in total. The van der Waals surface area contributed by atoms with E-state index in [1.165, 1.54) is 0 Å². The van der Waals surface area contributed by atoms with Crippen molar-refractivity contribution in [2.45, 2.75) is 0 Å². The first-order valence-electron chi connectivity index (χ1n) is 0. The number of hydrogen-bond acceptors (Lipinski definition) is 2. The van der Waals surface area contributed by atoms with Gasteiger partial charge in [-0.05, 0) is 0 Å². The van der Waals surface area contributed by atoms with Crippen LogP contribution in [-0.4, -0.2) is 51.4 Å². The molecule has 0 aliphatic heterocycles. The van der Waals surface area contributed by atoms with Crippen molar-refractivity contribution < 1.29 is 0 Å². The molecule has 0 aromatic carbocycles. The summed E-state index contributed by atoms with van der Waals surface area (Å²) in [6.07, 6.45) is 0. The Kier molecular flexibility index (Phi) is 189. The maximum atomic E-state index is 0. The quantitative estimate of drug-likeness (QED) is 0.331. The normalized spacial score (nSPS) is 0. The van der Waals surface area contributed by atoms with Crippen LogP contribution < -0.4 is 12.3 Å². The third kappa shape index (κ3) is 9.01. The van der Waals surface area contributed by atoms with Crippen LogP contribution in [0.4, 0.5) is 0 Å². The zero-order valence-electron chi connectivity index (χ0n) is 2.12. The molecule has 0 fully saturated rings. The topological polar surface area (TPSA) is 70.0 Å². The minimum absolute atomic E-state index is 0. The fourth-order valence-corrected chi connectivity index (χ4v) is 0. The number of rotatable bonds is 0. The summed E-state index contributed by atoms with van der Waals surface area (Å²) < 4.78 is 0. The Hall–Kier alpha value is 1.99. The summed E-state index contributed by atoms with van der Waals surface area (Å²) in [6.45, 7) is 0. The van der Waals surface area contributed by atoms with Gasteiger partial charge in [-0.25, -0.2) is 0 Å². The SMILES string of the molecule is N.N.P.[KH]. The second-order valence-corrected chi connectivity index (χ2v) is 0. The standard InChI is InChI=1S/K.2H3N.H3P.H/h;3*1H3;. The van der Waals surface area contributed by atoms with Gasteiger partial charge in [-0.3, -0.25) is 0 Å². The first-order chi connectivity index (χ1) is 0. The molecule has 0 bridgehead atoms. The Labute approximate surface area is 72.3 Å². The zero-order valence-corrected chi connectivity index (χ0v) is 3.54. The monoisotopic (exact) mass is 108 g/mol. The van der Waals surface area contributed by atoms with Crippen LogP contribution in [-0.2, 0) is 0 Å². The van der Waals surface area contributed by atoms with Crippen molar-refractivity contribution in [3.05, 3.63) is 0 Å². The van der Waals surface area contributed by atoms with Gasteiger partial charge < -0.3 is 12.3 Å². The fraction of sp³-hybridized carbons (Fsp3) is 0. The molecule has 0 aliphatic rings. The van der Waals surface area contributed by atoms with Crippen LogP contribution in [0.2, 0.25) is 0 Å². The van der Waals surface area contributed by atoms with Crippen molar-refractivity contribution in [3.63, 3.8) is 0 Å². The molecule has 0 aliphatic carbocycles. The molecule has 0 spiro atoms. The van der Waals surface area contributed by atoms with Crippen LogP contribution in [0.3, 0.4) is 0 Å². The molecule has 0 aromatic heterocycles. The Morgan fingerprint density at radius 2 is 0.750 bits per heavy atom. The fourth-order valence-electron chi connectivity index (χ4n) is 0. The average Bonchev–Trinajstić information content (AvgIpc) is 0. The van der Waals surface area contributed by atoms with E-state index < -0.39 is 0 Å². The van der Waals surface area contributed by atoms with Crippen molar-refractivity contribution >= 4 is 61.3 Å². The molecular weight excluding hydrogens is 98.1 g/mol. The van der Waals surface area contributed by atoms with Crippen molar-refractivity contribution in [2.24, 2.45) is 0 Å². The van der Waals surface area contributed by atoms with E-state index in [0.29, 0.717) is 0 Å². The summed E-state index contributed by atoms with van der Waals surface area (Å²) in [5, 5.41) is 0. The van der Waals surface area contributed by atoms with Crippen molar-refractivity contribution in [3.8, 4) is 0 Å². The van der Waals surface area contributed by atoms with Gasteiger partial charge >= 0.3 is 51.4 Å². The second kappa shape index (κ2) is 20.1. The third-order valence-electron chi connectivity index (χ3n) is 0. The molecule has 0 radical (unpaired) electrons. The van der Waals surface area contributed by atoms with Gasteiger partial charge in [0.05, 0.1) is 0 Å². The minimum atomic E-state index is 0. The van der Waals surface area contributed by atoms with E-state index in [2.05, 4.69) is 0 Å². The third-order valence-corrected chi connectivity index (χ3v) is 0. The van der Waals surface area contributed by atoms with E-state index in [1.54, 1.807) is 0 Å². The van der Waals surface area contributed by atoms with Crippen LogP contribution in [0.15, 0.2) is 0 Å². The number of hydrogen-bond donors (Lipinski definition) is 2.